The number of H-pyrrole nitrogens is 1. The van der Waals surface area contributed by atoms with Crippen LogP contribution < -0.4 is 10.6 Å². The van der Waals surface area contributed by atoms with Crippen molar-refractivity contribution >= 4 is 16.9 Å². The molecule has 3 aromatic rings. The van der Waals surface area contributed by atoms with E-state index in [-0.39, 0.29) is 6.54 Å². The Labute approximate surface area is 166 Å². The molecule has 0 amide bonds. The van der Waals surface area contributed by atoms with Gasteiger partial charge >= 0.3 is 0 Å². The molecule has 6 heteroatoms. The molecule has 3 rings (SSSR count). The molecule has 0 aliphatic heterocycles. The highest BCUT2D eigenvalue weighted by atomic mass is 16.4. The van der Waals surface area contributed by atoms with Crippen molar-refractivity contribution in [2.24, 2.45) is 4.99 Å². The molecule has 6 nitrogen and oxygen atoms in total. The Morgan fingerprint density at radius 2 is 2.04 bits per heavy atom. The number of hydrogen-bond acceptors (Lipinski definition) is 3. The molecule has 1 aromatic carbocycles. The second kappa shape index (κ2) is 8.52. The van der Waals surface area contributed by atoms with Gasteiger partial charge in [-0.25, -0.2) is 4.99 Å². The van der Waals surface area contributed by atoms with Crippen LogP contribution in [0.5, 0.6) is 0 Å². The van der Waals surface area contributed by atoms with Gasteiger partial charge in [0.2, 0.25) is 0 Å². The number of para-hydroxylation sites is 1. The zero-order valence-electron chi connectivity index (χ0n) is 17.1. The van der Waals surface area contributed by atoms with E-state index in [1.54, 1.807) is 13.0 Å². The third-order valence-corrected chi connectivity index (χ3v) is 4.86. The second-order valence-electron chi connectivity index (χ2n) is 7.37. The van der Waals surface area contributed by atoms with Crippen molar-refractivity contribution in [3.63, 3.8) is 0 Å². The topological polar surface area (TPSA) is 85.6 Å². The van der Waals surface area contributed by atoms with E-state index < -0.39 is 5.60 Å². The molecule has 0 saturated carbocycles. The number of aromatic amines is 1. The van der Waals surface area contributed by atoms with E-state index in [9.17, 15) is 5.11 Å². The predicted octanol–water partition coefficient (Wildman–Crippen LogP) is 3.38. The van der Waals surface area contributed by atoms with Crippen LogP contribution >= 0.6 is 0 Å². The fraction of sp³-hybridized carbons (Fsp3) is 0.409. The number of fused-ring (bicyclic) bond motifs is 1. The van der Waals surface area contributed by atoms with E-state index in [4.69, 9.17) is 4.42 Å². The fourth-order valence-corrected chi connectivity index (χ4v) is 3.26. The smallest absolute Gasteiger partial charge is 0.191 e. The van der Waals surface area contributed by atoms with Gasteiger partial charge in [0.25, 0.3) is 0 Å². The van der Waals surface area contributed by atoms with Crippen molar-refractivity contribution in [2.45, 2.75) is 39.7 Å². The number of rotatable bonds is 7. The summed E-state index contributed by atoms with van der Waals surface area (Å²) >= 11 is 0. The Bertz CT molecular complexity index is 953. The van der Waals surface area contributed by atoms with Crippen LogP contribution in [-0.4, -0.2) is 35.7 Å². The van der Waals surface area contributed by atoms with E-state index in [0.717, 1.165) is 25.3 Å². The number of aryl methyl sites for hydroxylation is 2. The molecule has 0 bridgehead atoms. The van der Waals surface area contributed by atoms with E-state index in [1.165, 1.54) is 22.0 Å². The first kappa shape index (κ1) is 20.0. The second-order valence-corrected chi connectivity index (χ2v) is 7.37. The predicted molar refractivity (Wildman–Crippen MR) is 114 cm³/mol. The Morgan fingerprint density at radius 3 is 2.75 bits per heavy atom. The van der Waals surface area contributed by atoms with Gasteiger partial charge in [-0.3, -0.25) is 0 Å². The number of nitrogens with one attached hydrogen (secondary N) is 3. The molecule has 1 unspecified atom stereocenters. The summed E-state index contributed by atoms with van der Waals surface area (Å²) in [6, 6.07) is 10.00. The van der Waals surface area contributed by atoms with Crippen molar-refractivity contribution in [3.8, 4) is 0 Å². The first-order chi connectivity index (χ1) is 13.4. The van der Waals surface area contributed by atoms with E-state index in [1.807, 2.05) is 19.9 Å². The minimum atomic E-state index is -1.15. The molecule has 2 heterocycles. The van der Waals surface area contributed by atoms with E-state index in [0.29, 0.717) is 11.7 Å². The fourth-order valence-electron chi connectivity index (χ4n) is 3.26. The van der Waals surface area contributed by atoms with Gasteiger partial charge in [0.15, 0.2) is 5.96 Å². The summed E-state index contributed by atoms with van der Waals surface area (Å²) in [4.78, 5) is 7.91. The van der Waals surface area contributed by atoms with E-state index in [2.05, 4.69) is 51.9 Å². The maximum atomic E-state index is 10.7. The zero-order chi connectivity index (χ0) is 20.1. The average Bonchev–Trinajstić information content (AvgIpc) is 3.28. The molecule has 28 heavy (non-hydrogen) atoms. The number of aliphatic imine (C=N–C) groups is 1. The third-order valence-electron chi connectivity index (χ3n) is 4.86. The molecule has 2 aromatic heterocycles. The minimum absolute atomic E-state index is 0.210. The summed E-state index contributed by atoms with van der Waals surface area (Å²) in [6.07, 6.45) is 2.95. The van der Waals surface area contributed by atoms with Crippen LogP contribution in [0.15, 0.2) is 45.9 Å². The maximum absolute atomic E-state index is 10.7. The van der Waals surface area contributed by atoms with Gasteiger partial charge in [-0.15, -0.1) is 0 Å². The third kappa shape index (κ3) is 4.57. The Balaban J connectivity index is 1.62. The lowest BCUT2D eigenvalue weighted by Gasteiger charge is -2.19. The maximum Gasteiger partial charge on any atom is 0.191 e. The monoisotopic (exact) mass is 382 g/mol. The number of benzene rings is 1. The Kier molecular flexibility index (Phi) is 6.09. The van der Waals surface area contributed by atoms with Crippen LogP contribution in [0.2, 0.25) is 0 Å². The highest BCUT2D eigenvalue weighted by Gasteiger charge is 2.26. The summed E-state index contributed by atoms with van der Waals surface area (Å²) in [7, 11) is 0. The lowest BCUT2D eigenvalue weighted by atomic mass is 10.0. The molecule has 0 saturated heterocycles. The Hall–Kier alpha value is -2.73. The number of hydrogen-bond donors (Lipinski definition) is 4. The molecule has 0 spiro atoms. The van der Waals surface area contributed by atoms with Crippen LogP contribution in [0.25, 0.3) is 10.9 Å². The van der Waals surface area contributed by atoms with Crippen LogP contribution in [-0.2, 0) is 12.0 Å². The summed E-state index contributed by atoms with van der Waals surface area (Å²) in [5.41, 5.74) is 2.58. The minimum Gasteiger partial charge on any atom is -0.463 e. The van der Waals surface area contributed by atoms with Crippen molar-refractivity contribution in [1.29, 1.82) is 0 Å². The lowest BCUT2D eigenvalue weighted by Crippen LogP contribution is -2.39. The van der Waals surface area contributed by atoms with Crippen molar-refractivity contribution in [1.82, 2.24) is 15.6 Å². The van der Waals surface area contributed by atoms with Crippen LogP contribution in [0.3, 0.4) is 0 Å². The molecule has 0 aliphatic rings. The summed E-state index contributed by atoms with van der Waals surface area (Å²) in [5, 5.41) is 18.5. The number of guanidine groups is 1. The average molecular weight is 383 g/mol. The first-order valence-electron chi connectivity index (χ1n) is 9.78. The SMILES string of the molecule is CCNC(=NCC(C)(O)c1ccc(C)o1)NCCc1c[nH]c2c(C)cccc12. The highest BCUT2D eigenvalue weighted by molar-refractivity contribution is 5.86. The van der Waals surface area contributed by atoms with Crippen molar-refractivity contribution in [3.05, 3.63) is 59.2 Å². The molecular formula is C22H30N4O2. The van der Waals surface area contributed by atoms with Crippen molar-refractivity contribution < 1.29 is 9.52 Å². The van der Waals surface area contributed by atoms with Gasteiger partial charge in [-0.05, 0) is 57.4 Å². The van der Waals surface area contributed by atoms with Crippen molar-refractivity contribution in [2.75, 3.05) is 19.6 Å². The molecule has 1 atom stereocenters. The van der Waals surface area contributed by atoms with Gasteiger partial charge < -0.3 is 25.1 Å². The molecular weight excluding hydrogens is 352 g/mol. The largest absolute Gasteiger partial charge is 0.463 e. The first-order valence-corrected chi connectivity index (χ1v) is 9.78. The Morgan fingerprint density at radius 1 is 1.21 bits per heavy atom. The number of furan rings is 1. The summed E-state index contributed by atoms with van der Waals surface area (Å²) < 4.78 is 5.56. The van der Waals surface area contributed by atoms with E-state index >= 15 is 0 Å². The van der Waals surface area contributed by atoms with Crippen LogP contribution in [0, 0.1) is 13.8 Å². The normalized spacial score (nSPS) is 14.2. The van der Waals surface area contributed by atoms with Gasteiger partial charge in [0, 0.05) is 30.2 Å². The van der Waals surface area contributed by atoms with Crippen LogP contribution in [0.4, 0.5) is 0 Å². The number of aromatic nitrogens is 1. The molecule has 150 valence electrons. The molecule has 0 aliphatic carbocycles. The standard InChI is InChI=1S/C22H30N4O2/c1-5-23-21(26-14-22(4,27)19-10-9-16(3)28-19)24-12-11-17-13-25-20-15(2)7-6-8-18(17)20/h6-10,13,25,27H,5,11-12,14H2,1-4H3,(H2,23,24,26). The molecule has 0 fully saturated rings. The zero-order valence-corrected chi connectivity index (χ0v) is 17.1. The van der Waals surface area contributed by atoms with Gasteiger partial charge in [-0.2, -0.15) is 0 Å². The molecule has 0 radical (unpaired) electrons. The van der Waals surface area contributed by atoms with Gasteiger partial charge in [0.1, 0.15) is 17.1 Å². The molecule has 4 N–H and O–H groups in total. The lowest BCUT2D eigenvalue weighted by molar-refractivity contribution is 0.0428. The summed E-state index contributed by atoms with van der Waals surface area (Å²) in [6.45, 7) is 9.42. The summed E-state index contributed by atoms with van der Waals surface area (Å²) in [5.74, 6) is 1.99. The quantitative estimate of drug-likeness (QED) is 0.373. The highest BCUT2D eigenvalue weighted by Crippen LogP contribution is 2.23. The number of aliphatic hydroxyl groups is 1. The van der Waals surface area contributed by atoms with Crippen LogP contribution in [0.1, 0.15) is 36.5 Å². The van der Waals surface area contributed by atoms with Gasteiger partial charge in [-0.1, -0.05) is 18.2 Å². The van der Waals surface area contributed by atoms with Gasteiger partial charge in [0.05, 0.1) is 6.54 Å². The number of nitrogens with zero attached hydrogens (tertiary/aromatic N) is 1.